The van der Waals surface area contributed by atoms with Gasteiger partial charge >= 0.3 is 5.97 Å². The molecule has 0 N–H and O–H groups in total. The average molecular weight is 215 g/mol. The molecule has 0 spiro atoms. The van der Waals surface area contributed by atoms with E-state index in [1.807, 2.05) is 0 Å². The van der Waals surface area contributed by atoms with E-state index in [4.69, 9.17) is 9.47 Å². The Kier molecular flexibility index (Phi) is 5.05. The van der Waals surface area contributed by atoms with E-state index in [-0.39, 0.29) is 12.2 Å². The van der Waals surface area contributed by atoms with Crippen molar-refractivity contribution in [1.29, 1.82) is 0 Å². The van der Waals surface area contributed by atoms with Gasteiger partial charge in [0.2, 0.25) is 0 Å². The van der Waals surface area contributed by atoms with Crippen molar-refractivity contribution in [2.75, 3.05) is 26.3 Å². The predicted molar refractivity (Wildman–Crippen MR) is 57.4 cm³/mol. The lowest BCUT2D eigenvalue weighted by Crippen LogP contribution is -2.35. The van der Waals surface area contributed by atoms with Crippen LogP contribution in [0.25, 0.3) is 0 Å². The second kappa shape index (κ2) is 6.08. The second-order valence-electron chi connectivity index (χ2n) is 4.23. The van der Waals surface area contributed by atoms with Gasteiger partial charge in [-0.25, -0.2) is 0 Å². The normalized spacial score (nSPS) is 22.3. The number of ether oxygens (including phenoxy) is 2. The molecule has 1 rings (SSSR count). The summed E-state index contributed by atoms with van der Waals surface area (Å²) in [4.78, 5) is 12.9. The maximum atomic E-state index is 10.6. The third kappa shape index (κ3) is 4.18. The minimum Gasteiger partial charge on any atom is -0.466 e. The van der Waals surface area contributed by atoms with Crippen LogP contribution in [0.2, 0.25) is 0 Å². The van der Waals surface area contributed by atoms with Gasteiger partial charge in [0.15, 0.2) is 0 Å². The Morgan fingerprint density at radius 2 is 2.33 bits per heavy atom. The first-order valence-corrected chi connectivity index (χ1v) is 5.60. The van der Waals surface area contributed by atoms with E-state index in [2.05, 4.69) is 18.7 Å². The molecule has 0 bridgehead atoms. The van der Waals surface area contributed by atoms with E-state index in [1.54, 1.807) is 0 Å². The average Bonchev–Trinajstić information content (AvgIpc) is 2.60. The van der Waals surface area contributed by atoms with Crippen molar-refractivity contribution in [1.82, 2.24) is 4.90 Å². The van der Waals surface area contributed by atoms with Crippen LogP contribution in [-0.2, 0) is 14.3 Å². The van der Waals surface area contributed by atoms with Crippen LogP contribution in [0.4, 0.5) is 0 Å². The summed E-state index contributed by atoms with van der Waals surface area (Å²) in [7, 11) is 0. The Balaban J connectivity index is 2.17. The van der Waals surface area contributed by atoms with Gasteiger partial charge in [0.1, 0.15) is 6.23 Å². The topological polar surface area (TPSA) is 38.8 Å². The van der Waals surface area contributed by atoms with E-state index in [9.17, 15) is 4.79 Å². The summed E-state index contributed by atoms with van der Waals surface area (Å²) < 4.78 is 10.5. The first-order chi connectivity index (χ1) is 7.11. The fourth-order valence-corrected chi connectivity index (χ4v) is 1.86. The van der Waals surface area contributed by atoms with Crippen LogP contribution in [0.5, 0.6) is 0 Å². The van der Waals surface area contributed by atoms with Gasteiger partial charge in [0.25, 0.3) is 0 Å². The molecule has 1 saturated heterocycles. The van der Waals surface area contributed by atoms with Crippen molar-refractivity contribution >= 4 is 5.97 Å². The molecule has 0 saturated carbocycles. The number of carbonyl (C=O) groups is 1. The molecule has 0 aromatic carbocycles. The van der Waals surface area contributed by atoms with Crippen molar-refractivity contribution in [2.24, 2.45) is 5.92 Å². The van der Waals surface area contributed by atoms with Crippen LogP contribution in [0.3, 0.4) is 0 Å². The van der Waals surface area contributed by atoms with Gasteiger partial charge in [-0.2, -0.15) is 0 Å². The summed E-state index contributed by atoms with van der Waals surface area (Å²) in [6.07, 6.45) is 1.12. The molecule has 4 nitrogen and oxygen atoms in total. The lowest BCUT2D eigenvalue weighted by Gasteiger charge is -2.25. The minimum absolute atomic E-state index is 0.201. The van der Waals surface area contributed by atoms with Crippen molar-refractivity contribution in [2.45, 2.75) is 33.4 Å². The molecule has 0 aromatic rings. The Morgan fingerprint density at radius 1 is 1.60 bits per heavy atom. The Labute approximate surface area is 91.5 Å². The van der Waals surface area contributed by atoms with Crippen molar-refractivity contribution < 1.29 is 14.3 Å². The van der Waals surface area contributed by atoms with Crippen molar-refractivity contribution in [3.63, 3.8) is 0 Å². The number of hydrogen-bond acceptors (Lipinski definition) is 4. The van der Waals surface area contributed by atoms with E-state index >= 15 is 0 Å². The number of rotatable bonds is 5. The highest BCUT2D eigenvalue weighted by molar-refractivity contribution is 5.65. The Morgan fingerprint density at radius 3 is 2.93 bits per heavy atom. The highest BCUT2D eigenvalue weighted by atomic mass is 16.5. The maximum absolute atomic E-state index is 10.6. The molecular weight excluding hydrogens is 194 g/mol. The number of hydrogen-bond donors (Lipinski definition) is 0. The van der Waals surface area contributed by atoms with Crippen LogP contribution >= 0.6 is 0 Å². The highest BCUT2D eigenvalue weighted by Crippen LogP contribution is 2.17. The molecule has 0 radical (unpaired) electrons. The maximum Gasteiger partial charge on any atom is 0.302 e. The van der Waals surface area contributed by atoms with Gasteiger partial charge in [-0.3, -0.25) is 9.69 Å². The largest absolute Gasteiger partial charge is 0.466 e. The molecule has 0 aliphatic carbocycles. The van der Waals surface area contributed by atoms with Crippen LogP contribution in [0.1, 0.15) is 27.2 Å². The molecule has 1 aliphatic rings. The minimum atomic E-state index is -0.201. The monoisotopic (exact) mass is 215 g/mol. The fourth-order valence-electron chi connectivity index (χ4n) is 1.86. The van der Waals surface area contributed by atoms with E-state index in [0.717, 1.165) is 26.1 Å². The first-order valence-electron chi connectivity index (χ1n) is 5.60. The van der Waals surface area contributed by atoms with Crippen molar-refractivity contribution in [3.8, 4) is 0 Å². The third-order valence-corrected chi connectivity index (χ3v) is 2.49. The highest BCUT2D eigenvalue weighted by Gasteiger charge is 2.27. The Bertz CT molecular complexity index is 206. The number of carbonyl (C=O) groups excluding carboxylic acids is 1. The zero-order valence-corrected chi connectivity index (χ0v) is 9.86. The SMILES string of the molecule is CC(=O)OCCCN1CCOC1C(C)C. The van der Waals surface area contributed by atoms with Gasteiger partial charge in [-0.1, -0.05) is 13.8 Å². The molecule has 88 valence electrons. The quantitative estimate of drug-likeness (QED) is 0.511. The summed E-state index contributed by atoms with van der Waals surface area (Å²) in [5, 5.41) is 0. The van der Waals surface area contributed by atoms with Crippen molar-refractivity contribution in [3.05, 3.63) is 0 Å². The summed E-state index contributed by atoms with van der Waals surface area (Å²) in [6, 6.07) is 0. The third-order valence-electron chi connectivity index (χ3n) is 2.49. The van der Waals surface area contributed by atoms with Gasteiger partial charge in [-0.05, 0) is 12.3 Å². The smallest absolute Gasteiger partial charge is 0.302 e. The lowest BCUT2D eigenvalue weighted by molar-refractivity contribution is -0.141. The molecule has 1 heterocycles. The van der Waals surface area contributed by atoms with E-state index in [1.165, 1.54) is 6.92 Å². The van der Waals surface area contributed by atoms with Crippen LogP contribution < -0.4 is 0 Å². The molecule has 1 unspecified atom stereocenters. The van der Waals surface area contributed by atoms with E-state index < -0.39 is 0 Å². The molecule has 4 heteroatoms. The molecule has 1 fully saturated rings. The zero-order valence-electron chi connectivity index (χ0n) is 9.86. The summed E-state index contributed by atoms with van der Waals surface area (Å²) in [5.41, 5.74) is 0. The van der Waals surface area contributed by atoms with Gasteiger partial charge in [-0.15, -0.1) is 0 Å². The summed E-state index contributed by atoms with van der Waals surface area (Å²) in [6.45, 7) is 9.02. The summed E-state index contributed by atoms with van der Waals surface area (Å²) in [5.74, 6) is 0.314. The van der Waals surface area contributed by atoms with Gasteiger partial charge < -0.3 is 9.47 Å². The fraction of sp³-hybridized carbons (Fsp3) is 0.909. The molecule has 1 atom stereocenters. The van der Waals surface area contributed by atoms with E-state index in [0.29, 0.717) is 12.5 Å². The molecular formula is C11H21NO3. The van der Waals surface area contributed by atoms with Gasteiger partial charge in [0.05, 0.1) is 13.2 Å². The first kappa shape index (κ1) is 12.5. The standard InChI is InChI=1S/C11H21NO3/c1-9(2)11-12(6-8-15-11)5-4-7-14-10(3)13/h9,11H,4-8H2,1-3H3. The lowest BCUT2D eigenvalue weighted by atomic mass is 10.2. The Hall–Kier alpha value is -0.610. The second-order valence-corrected chi connectivity index (χ2v) is 4.23. The van der Waals surface area contributed by atoms with Crippen LogP contribution in [0, 0.1) is 5.92 Å². The number of nitrogens with zero attached hydrogens (tertiary/aromatic N) is 1. The van der Waals surface area contributed by atoms with Crippen LogP contribution in [0.15, 0.2) is 0 Å². The summed E-state index contributed by atoms with van der Waals surface area (Å²) >= 11 is 0. The molecule has 0 aromatic heterocycles. The molecule has 0 amide bonds. The van der Waals surface area contributed by atoms with Gasteiger partial charge in [0, 0.05) is 20.0 Å². The predicted octanol–water partition coefficient (Wildman–Crippen LogP) is 1.25. The van der Waals surface area contributed by atoms with Crippen LogP contribution in [-0.4, -0.2) is 43.4 Å². The number of esters is 1. The zero-order chi connectivity index (χ0) is 11.3. The molecule has 1 aliphatic heterocycles. The molecule has 15 heavy (non-hydrogen) atoms.